The number of hydrazone groups is 1. The van der Waals surface area contributed by atoms with Crippen LogP contribution in [0.25, 0.3) is 0 Å². The summed E-state index contributed by atoms with van der Waals surface area (Å²) in [5.74, 6) is 1.40. The Bertz CT molecular complexity index is 962. The van der Waals surface area contributed by atoms with Gasteiger partial charge in [-0.05, 0) is 56.5 Å². The highest BCUT2D eigenvalue weighted by Crippen LogP contribution is 2.29. The summed E-state index contributed by atoms with van der Waals surface area (Å²) in [4.78, 5) is 29.6. The minimum absolute atomic E-state index is 0.0343. The molecule has 2 amide bonds. The number of halogens is 2. The Labute approximate surface area is 229 Å². The number of amidine groups is 1. The average molecular weight is 553 g/mol. The number of carbonyl (C=O) groups is 2. The van der Waals surface area contributed by atoms with E-state index < -0.39 is 0 Å². The van der Waals surface area contributed by atoms with E-state index in [4.69, 9.17) is 23.2 Å². The summed E-state index contributed by atoms with van der Waals surface area (Å²) in [5.41, 5.74) is 0.831. The van der Waals surface area contributed by atoms with Gasteiger partial charge >= 0.3 is 0 Å². The summed E-state index contributed by atoms with van der Waals surface area (Å²) in [6.45, 7) is 11.2. The third-order valence-electron chi connectivity index (χ3n) is 7.31. The Morgan fingerprint density at radius 2 is 1.81 bits per heavy atom. The molecule has 1 aromatic rings. The number of piperidine rings is 1. The van der Waals surface area contributed by atoms with Gasteiger partial charge in [-0.1, -0.05) is 30.1 Å². The van der Waals surface area contributed by atoms with Crippen LogP contribution in [0.4, 0.5) is 5.69 Å². The van der Waals surface area contributed by atoms with Crippen LogP contribution in [-0.2, 0) is 9.59 Å². The lowest BCUT2D eigenvalue weighted by Crippen LogP contribution is -2.47. The topological polar surface area (TPSA) is 92.3 Å². The van der Waals surface area contributed by atoms with Crippen molar-refractivity contribution in [2.24, 2.45) is 16.9 Å². The zero-order valence-electron chi connectivity index (χ0n) is 21.6. The molecule has 0 aromatic heterocycles. The molecule has 3 N–H and O–H groups in total. The fourth-order valence-electron chi connectivity index (χ4n) is 5.10. The summed E-state index contributed by atoms with van der Waals surface area (Å²) in [5, 5.41) is 16.6. The SMILES string of the molecule is CC1CN(c2ccc(Cl)c(Cl)c2)N=C1NC(=O)CCCNC(=O)CN1CCC(CN2CCNCC2)CC1. The molecule has 0 saturated carbocycles. The molecule has 3 aliphatic heterocycles. The Morgan fingerprint density at radius 1 is 1.05 bits per heavy atom. The number of anilines is 1. The Hall–Kier alpha value is -1.91. The van der Waals surface area contributed by atoms with Gasteiger partial charge < -0.3 is 20.9 Å². The number of nitrogens with zero attached hydrogens (tertiary/aromatic N) is 4. The number of carbonyl (C=O) groups excluding carboxylic acids is 2. The molecule has 37 heavy (non-hydrogen) atoms. The van der Waals surface area contributed by atoms with E-state index in [-0.39, 0.29) is 17.7 Å². The second-order valence-electron chi connectivity index (χ2n) is 10.3. The van der Waals surface area contributed by atoms with Crippen molar-refractivity contribution >= 4 is 46.5 Å². The molecule has 2 fully saturated rings. The van der Waals surface area contributed by atoms with E-state index in [9.17, 15) is 9.59 Å². The summed E-state index contributed by atoms with van der Waals surface area (Å²) >= 11 is 12.1. The monoisotopic (exact) mass is 551 g/mol. The second kappa shape index (κ2) is 13.8. The van der Waals surface area contributed by atoms with Gasteiger partial charge in [0.2, 0.25) is 11.8 Å². The average Bonchev–Trinajstić information content (AvgIpc) is 3.25. The van der Waals surface area contributed by atoms with E-state index in [1.54, 1.807) is 12.1 Å². The lowest BCUT2D eigenvalue weighted by molar-refractivity contribution is -0.123. The van der Waals surface area contributed by atoms with E-state index in [0.717, 1.165) is 63.7 Å². The fraction of sp³-hybridized carbons (Fsp3) is 0.654. The maximum atomic E-state index is 12.4. The van der Waals surface area contributed by atoms with Crippen LogP contribution in [0.15, 0.2) is 23.3 Å². The van der Waals surface area contributed by atoms with Crippen molar-refractivity contribution in [3.05, 3.63) is 28.2 Å². The van der Waals surface area contributed by atoms with Gasteiger partial charge in [0.1, 0.15) is 5.84 Å². The van der Waals surface area contributed by atoms with Crippen LogP contribution in [0.1, 0.15) is 32.6 Å². The minimum atomic E-state index is -0.0950. The normalized spacial score (nSPS) is 21.6. The molecular formula is C26H39Cl2N7O2. The smallest absolute Gasteiger partial charge is 0.234 e. The van der Waals surface area contributed by atoms with Crippen molar-refractivity contribution < 1.29 is 9.59 Å². The third-order valence-corrected chi connectivity index (χ3v) is 8.05. The van der Waals surface area contributed by atoms with Gasteiger partial charge in [0.15, 0.2) is 0 Å². The standard InChI is InChI=1S/C26H39Cl2N7O2/c1-19-16-35(21-4-5-22(27)23(28)15-21)32-26(19)31-24(36)3-2-8-30-25(37)18-33-11-6-20(7-12-33)17-34-13-9-29-10-14-34/h4-5,15,19-20,29H,2-3,6-14,16-18H2,1H3,(H,30,37)(H,31,32,36). The Morgan fingerprint density at radius 3 is 2.54 bits per heavy atom. The van der Waals surface area contributed by atoms with Gasteiger partial charge in [-0.2, -0.15) is 5.10 Å². The molecule has 0 radical (unpaired) electrons. The van der Waals surface area contributed by atoms with Crippen LogP contribution in [-0.4, -0.2) is 92.9 Å². The number of piperazine rings is 1. The summed E-state index contributed by atoms with van der Waals surface area (Å²) < 4.78 is 0. The molecule has 4 rings (SSSR count). The predicted molar refractivity (Wildman–Crippen MR) is 149 cm³/mol. The van der Waals surface area contributed by atoms with Crippen molar-refractivity contribution in [1.29, 1.82) is 0 Å². The first-order valence-corrected chi connectivity index (χ1v) is 14.2. The largest absolute Gasteiger partial charge is 0.355 e. The molecule has 0 aliphatic carbocycles. The fourth-order valence-corrected chi connectivity index (χ4v) is 5.39. The number of hydrogen-bond acceptors (Lipinski definition) is 7. The zero-order chi connectivity index (χ0) is 26.2. The van der Waals surface area contributed by atoms with Crippen molar-refractivity contribution in [2.75, 3.05) is 70.5 Å². The first-order chi connectivity index (χ1) is 17.9. The maximum absolute atomic E-state index is 12.4. The number of nitrogens with one attached hydrogen (secondary N) is 3. The highest BCUT2D eigenvalue weighted by molar-refractivity contribution is 6.42. The van der Waals surface area contributed by atoms with Crippen molar-refractivity contribution in [1.82, 2.24) is 25.8 Å². The number of benzene rings is 1. The van der Waals surface area contributed by atoms with Crippen LogP contribution < -0.4 is 21.0 Å². The van der Waals surface area contributed by atoms with E-state index in [1.807, 2.05) is 18.0 Å². The molecule has 3 heterocycles. The van der Waals surface area contributed by atoms with Crippen molar-refractivity contribution in [3.63, 3.8) is 0 Å². The molecule has 11 heteroatoms. The lowest BCUT2D eigenvalue weighted by atomic mass is 9.96. The van der Waals surface area contributed by atoms with Crippen molar-refractivity contribution in [3.8, 4) is 0 Å². The number of likely N-dealkylation sites (tertiary alicyclic amines) is 1. The quantitative estimate of drug-likeness (QED) is 0.408. The van der Waals surface area contributed by atoms with Crippen LogP contribution in [0, 0.1) is 11.8 Å². The van der Waals surface area contributed by atoms with E-state index in [0.29, 0.717) is 48.4 Å². The Balaban J connectivity index is 1.09. The maximum Gasteiger partial charge on any atom is 0.234 e. The summed E-state index contributed by atoms with van der Waals surface area (Å²) in [7, 11) is 0. The molecule has 1 atom stereocenters. The Kier molecular flexibility index (Phi) is 10.5. The number of hydrogen-bond donors (Lipinski definition) is 3. The molecular weight excluding hydrogens is 513 g/mol. The zero-order valence-corrected chi connectivity index (χ0v) is 23.2. The van der Waals surface area contributed by atoms with Crippen LogP contribution >= 0.6 is 23.2 Å². The van der Waals surface area contributed by atoms with Crippen LogP contribution in [0.2, 0.25) is 10.0 Å². The van der Waals surface area contributed by atoms with Crippen molar-refractivity contribution in [2.45, 2.75) is 32.6 Å². The first-order valence-electron chi connectivity index (χ1n) is 13.4. The first kappa shape index (κ1) is 28.1. The molecule has 1 aromatic carbocycles. The highest BCUT2D eigenvalue weighted by atomic mass is 35.5. The molecule has 9 nitrogen and oxygen atoms in total. The highest BCUT2D eigenvalue weighted by Gasteiger charge is 2.26. The van der Waals surface area contributed by atoms with Gasteiger partial charge in [0, 0.05) is 51.6 Å². The summed E-state index contributed by atoms with van der Waals surface area (Å²) in [6.07, 6.45) is 3.23. The molecule has 3 aliphatic rings. The molecule has 2 saturated heterocycles. The number of amides is 2. The minimum Gasteiger partial charge on any atom is -0.355 e. The van der Waals surface area contributed by atoms with E-state index >= 15 is 0 Å². The van der Waals surface area contributed by atoms with Gasteiger partial charge in [0.25, 0.3) is 0 Å². The lowest BCUT2D eigenvalue weighted by Gasteiger charge is -2.36. The van der Waals surface area contributed by atoms with Gasteiger partial charge in [-0.25, -0.2) is 0 Å². The van der Waals surface area contributed by atoms with E-state index in [2.05, 4.69) is 30.9 Å². The van der Waals surface area contributed by atoms with Crippen LogP contribution in [0.3, 0.4) is 0 Å². The van der Waals surface area contributed by atoms with Gasteiger partial charge in [-0.15, -0.1) is 0 Å². The van der Waals surface area contributed by atoms with Gasteiger partial charge in [-0.3, -0.25) is 19.5 Å². The van der Waals surface area contributed by atoms with Crippen LogP contribution in [0.5, 0.6) is 0 Å². The molecule has 1 unspecified atom stereocenters. The predicted octanol–water partition coefficient (Wildman–Crippen LogP) is 2.39. The van der Waals surface area contributed by atoms with E-state index in [1.165, 1.54) is 6.54 Å². The number of rotatable bonds is 9. The third kappa shape index (κ3) is 8.55. The second-order valence-corrected chi connectivity index (χ2v) is 11.2. The summed E-state index contributed by atoms with van der Waals surface area (Å²) in [6, 6.07) is 5.36. The molecule has 204 valence electrons. The van der Waals surface area contributed by atoms with Gasteiger partial charge in [0.05, 0.1) is 28.8 Å². The molecule has 0 bridgehead atoms. The molecule has 0 spiro atoms.